The molecule has 18 heavy (non-hydrogen) atoms. The van der Waals surface area contributed by atoms with E-state index in [0.29, 0.717) is 28.6 Å². The molecule has 0 saturated heterocycles. The second-order valence-electron chi connectivity index (χ2n) is 3.55. The molecule has 0 bridgehead atoms. The maximum atomic E-state index is 11.8. The van der Waals surface area contributed by atoms with E-state index in [0.717, 1.165) is 0 Å². The molecule has 0 spiro atoms. The van der Waals surface area contributed by atoms with Crippen molar-refractivity contribution < 1.29 is 14.3 Å². The number of methoxy groups -OCH3 is 2. The Morgan fingerprint density at radius 2 is 2.00 bits per heavy atom. The molecule has 0 aromatic heterocycles. The Hall–Kier alpha value is -0.940. The molecule has 100 valence electrons. The van der Waals surface area contributed by atoms with Gasteiger partial charge in [0.15, 0.2) is 0 Å². The van der Waals surface area contributed by atoms with Crippen molar-refractivity contribution in [2.45, 2.75) is 18.2 Å². The summed E-state index contributed by atoms with van der Waals surface area (Å²) in [5.74, 6) is 0.856. The molecule has 0 aliphatic carbocycles. The minimum atomic E-state index is -0.247. The van der Waals surface area contributed by atoms with E-state index >= 15 is 0 Å². The van der Waals surface area contributed by atoms with Gasteiger partial charge in [-0.2, -0.15) is 0 Å². The van der Waals surface area contributed by atoms with Gasteiger partial charge in [-0.1, -0.05) is 34.5 Å². The Bertz CT molecular complexity index is 440. The second kappa shape index (κ2) is 6.85. The minimum Gasteiger partial charge on any atom is -0.495 e. The zero-order chi connectivity index (χ0) is 13.7. The SMILES string of the molecule is CCC(Br)C(=O)Nc1cc(Cl)c(OC)cc1OC. The van der Waals surface area contributed by atoms with E-state index in [4.69, 9.17) is 21.1 Å². The molecule has 1 aromatic rings. The van der Waals surface area contributed by atoms with Crippen LogP contribution >= 0.6 is 27.5 Å². The molecule has 0 aliphatic rings. The monoisotopic (exact) mass is 335 g/mol. The molecule has 0 radical (unpaired) electrons. The Balaban J connectivity index is 3.01. The molecule has 1 amide bonds. The van der Waals surface area contributed by atoms with Crippen LogP contribution in [0.2, 0.25) is 5.02 Å². The van der Waals surface area contributed by atoms with Crippen molar-refractivity contribution in [3.8, 4) is 11.5 Å². The molecule has 1 aromatic carbocycles. The molecule has 0 heterocycles. The van der Waals surface area contributed by atoms with Crippen LogP contribution in [-0.2, 0) is 4.79 Å². The number of benzene rings is 1. The van der Waals surface area contributed by atoms with E-state index in [1.54, 1.807) is 12.1 Å². The van der Waals surface area contributed by atoms with Crippen LogP contribution in [-0.4, -0.2) is 25.0 Å². The molecule has 6 heteroatoms. The molecule has 0 saturated carbocycles. The largest absolute Gasteiger partial charge is 0.495 e. The van der Waals surface area contributed by atoms with Crippen LogP contribution in [0.25, 0.3) is 0 Å². The smallest absolute Gasteiger partial charge is 0.238 e. The maximum absolute atomic E-state index is 11.8. The first-order chi connectivity index (χ1) is 8.53. The third-order valence-corrected chi connectivity index (χ3v) is 3.73. The van der Waals surface area contributed by atoms with Crippen LogP contribution in [0.3, 0.4) is 0 Å². The van der Waals surface area contributed by atoms with Gasteiger partial charge in [0.1, 0.15) is 11.5 Å². The first-order valence-electron chi connectivity index (χ1n) is 5.39. The van der Waals surface area contributed by atoms with Gasteiger partial charge in [-0.3, -0.25) is 4.79 Å². The number of hydrogen-bond acceptors (Lipinski definition) is 3. The number of halogens is 2. The highest BCUT2D eigenvalue weighted by Crippen LogP contribution is 2.36. The lowest BCUT2D eigenvalue weighted by atomic mass is 10.2. The molecule has 0 fully saturated rings. The highest BCUT2D eigenvalue weighted by atomic mass is 79.9. The lowest BCUT2D eigenvalue weighted by Crippen LogP contribution is -2.22. The van der Waals surface area contributed by atoms with Gasteiger partial charge >= 0.3 is 0 Å². The van der Waals surface area contributed by atoms with Crippen molar-refractivity contribution in [2.24, 2.45) is 0 Å². The third-order valence-electron chi connectivity index (χ3n) is 2.37. The van der Waals surface area contributed by atoms with Gasteiger partial charge in [0, 0.05) is 6.07 Å². The molecular weight excluding hydrogens is 321 g/mol. The maximum Gasteiger partial charge on any atom is 0.238 e. The van der Waals surface area contributed by atoms with Gasteiger partial charge in [-0.25, -0.2) is 0 Å². The molecule has 1 N–H and O–H groups in total. The van der Waals surface area contributed by atoms with Gasteiger partial charge in [0.05, 0.1) is 29.8 Å². The van der Waals surface area contributed by atoms with Crippen molar-refractivity contribution in [3.05, 3.63) is 17.2 Å². The number of ether oxygens (including phenoxy) is 2. The number of alkyl halides is 1. The average Bonchev–Trinajstić information content (AvgIpc) is 2.38. The molecule has 1 atom stereocenters. The summed E-state index contributed by atoms with van der Waals surface area (Å²) < 4.78 is 10.3. The number of rotatable bonds is 5. The van der Waals surface area contributed by atoms with Crippen molar-refractivity contribution >= 4 is 39.1 Å². The summed E-state index contributed by atoms with van der Waals surface area (Å²) in [6.45, 7) is 1.91. The summed E-state index contributed by atoms with van der Waals surface area (Å²) in [4.78, 5) is 11.5. The predicted molar refractivity (Wildman–Crippen MR) is 76.2 cm³/mol. The highest BCUT2D eigenvalue weighted by Gasteiger charge is 2.16. The van der Waals surface area contributed by atoms with E-state index in [9.17, 15) is 4.79 Å². The Morgan fingerprint density at radius 3 is 2.50 bits per heavy atom. The van der Waals surface area contributed by atoms with Crippen LogP contribution in [0.5, 0.6) is 11.5 Å². The van der Waals surface area contributed by atoms with Crippen LogP contribution in [0.4, 0.5) is 5.69 Å². The third kappa shape index (κ3) is 3.53. The summed E-state index contributed by atoms with van der Waals surface area (Å²) >= 11 is 9.29. The van der Waals surface area contributed by atoms with Crippen molar-refractivity contribution in [1.29, 1.82) is 0 Å². The normalized spacial score (nSPS) is 11.8. The van der Waals surface area contributed by atoms with E-state index in [1.807, 2.05) is 6.92 Å². The number of amides is 1. The first kappa shape index (κ1) is 15.1. The predicted octanol–water partition coefficient (Wildman–Crippen LogP) is 3.47. The summed E-state index contributed by atoms with van der Waals surface area (Å²) in [5.41, 5.74) is 0.520. The molecule has 4 nitrogen and oxygen atoms in total. The number of hydrogen-bond donors (Lipinski definition) is 1. The fraction of sp³-hybridized carbons (Fsp3) is 0.417. The standard InChI is InChI=1S/C12H15BrClNO3/c1-4-7(13)12(16)15-9-5-8(14)10(17-2)6-11(9)18-3/h5-7H,4H2,1-3H3,(H,15,16). The Kier molecular flexibility index (Phi) is 5.75. The molecule has 1 unspecified atom stereocenters. The van der Waals surface area contributed by atoms with Crippen molar-refractivity contribution in [3.63, 3.8) is 0 Å². The van der Waals surface area contributed by atoms with Crippen molar-refractivity contribution in [2.75, 3.05) is 19.5 Å². The second-order valence-corrected chi connectivity index (χ2v) is 5.06. The first-order valence-corrected chi connectivity index (χ1v) is 6.69. The Morgan fingerprint density at radius 1 is 1.39 bits per heavy atom. The van der Waals surface area contributed by atoms with E-state index in [2.05, 4.69) is 21.2 Å². The van der Waals surface area contributed by atoms with Gasteiger partial charge in [-0.15, -0.1) is 0 Å². The van der Waals surface area contributed by atoms with E-state index in [1.165, 1.54) is 14.2 Å². The quantitative estimate of drug-likeness (QED) is 0.838. The molecule has 1 rings (SSSR count). The van der Waals surface area contributed by atoms with Gasteiger partial charge < -0.3 is 14.8 Å². The van der Waals surface area contributed by atoms with Crippen LogP contribution in [0.1, 0.15) is 13.3 Å². The van der Waals surface area contributed by atoms with E-state index < -0.39 is 0 Å². The Labute approximate surface area is 120 Å². The lowest BCUT2D eigenvalue weighted by Gasteiger charge is -2.14. The minimum absolute atomic E-state index is 0.142. The summed E-state index contributed by atoms with van der Waals surface area (Å²) in [5, 5.41) is 3.17. The van der Waals surface area contributed by atoms with Crippen LogP contribution < -0.4 is 14.8 Å². The summed E-state index contributed by atoms with van der Waals surface area (Å²) in [7, 11) is 3.04. The topological polar surface area (TPSA) is 47.6 Å². The molecular formula is C12H15BrClNO3. The molecule has 0 aliphatic heterocycles. The number of carbonyl (C=O) groups excluding carboxylic acids is 1. The number of nitrogens with one attached hydrogen (secondary N) is 1. The lowest BCUT2D eigenvalue weighted by molar-refractivity contribution is -0.115. The van der Waals surface area contributed by atoms with Gasteiger partial charge in [0.2, 0.25) is 5.91 Å². The zero-order valence-electron chi connectivity index (χ0n) is 10.4. The van der Waals surface area contributed by atoms with Crippen LogP contribution in [0.15, 0.2) is 12.1 Å². The summed E-state index contributed by atoms with van der Waals surface area (Å²) in [6, 6.07) is 3.24. The van der Waals surface area contributed by atoms with Gasteiger partial charge in [0.25, 0.3) is 0 Å². The fourth-order valence-corrected chi connectivity index (χ4v) is 1.71. The number of carbonyl (C=O) groups is 1. The zero-order valence-corrected chi connectivity index (χ0v) is 12.8. The number of anilines is 1. The van der Waals surface area contributed by atoms with Gasteiger partial charge in [-0.05, 0) is 12.5 Å². The summed E-state index contributed by atoms with van der Waals surface area (Å²) in [6.07, 6.45) is 0.692. The highest BCUT2D eigenvalue weighted by molar-refractivity contribution is 9.10. The average molecular weight is 337 g/mol. The van der Waals surface area contributed by atoms with Crippen LogP contribution in [0, 0.1) is 0 Å². The van der Waals surface area contributed by atoms with Crippen molar-refractivity contribution in [1.82, 2.24) is 0 Å². The fourth-order valence-electron chi connectivity index (χ4n) is 1.35. The van der Waals surface area contributed by atoms with E-state index in [-0.39, 0.29) is 10.7 Å².